The Kier molecular flexibility index (Phi) is 6.25. The van der Waals surface area contributed by atoms with Crippen molar-refractivity contribution in [3.05, 3.63) is 75.2 Å². The van der Waals surface area contributed by atoms with Gasteiger partial charge in [0.25, 0.3) is 0 Å². The summed E-state index contributed by atoms with van der Waals surface area (Å²) in [6, 6.07) is 6.13. The number of thiocarbonyl (C=S) groups is 1. The van der Waals surface area contributed by atoms with Crippen LogP contribution in [0.25, 0.3) is 0 Å². The van der Waals surface area contributed by atoms with Crippen LogP contribution in [-0.2, 0) is 6.54 Å². The lowest BCUT2D eigenvalue weighted by Gasteiger charge is -2.10. The van der Waals surface area contributed by atoms with E-state index in [4.69, 9.17) is 35.4 Å². The van der Waals surface area contributed by atoms with Crippen LogP contribution >= 0.6 is 35.4 Å². The van der Waals surface area contributed by atoms with E-state index in [0.717, 1.165) is 4.68 Å². The van der Waals surface area contributed by atoms with Gasteiger partial charge in [-0.2, -0.15) is 5.10 Å². The lowest BCUT2D eigenvalue weighted by Crippen LogP contribution is -2.19. The van der Waals surface area contributed by atoms with Crippen molar-refractivity contribution >= 4 is 52.0 Å². The second-order valence-electron chi connectivity index (χ2n) is 5.66. The van der Waals surface area contributed by atoms with Gasteiger partial charge in [-0.3, -0.25) is 4.68 Å². The quantitative estimate of drug-likeness (QED) is 0.222. The maximum atomic E-state index is 13.8. The van der Waals surface area contributed by atoms with E-state index in [-0.39, 0.29) is 10.9 Å². The summed E-state index contributed by atoms with van der Waals surface area (Å²) in [6.45, 7) is -0.680. The standard InChI is InChI=1S/C17H9Cl2F5N4S/c18-9-2-1-7(5-10(9)19)25-17(29)26-11-3-4-28(27-11)6-8-12(20)14(22)16(24)15(23)13(8)21/h1-5H,6H2,(H2,25,26,27,29). The largest absolute Gasteiger partial charge is 0.332 e. The van der Waals surface area contributed by atoms with Crippen molar-refractivity contribution in [1.29, 1.82) is 0 Å². The summed E-state index contributed by atoms with van der Waals surface area (Å²) in [5, 5.41) is 10.3. The predicted octanol–water partition coefficient (Wildman–Crippen LogP) is 5.74. The minimum Gasteiger partial charge on any atom is -0.332 e. The Morgan fingerprint density at radius 1 is 0.897 bits per heavy atom. The van der Waals surface area contributed by atoms with Gasteiger partial charge in [0.05, 0.1) is 22.2 Å². The number of nitrogens with one attached hydrogen (secondary N) is 2. The number of hydrogen-bond donors (Lipinski definition) is 2. The van der Waals surface area contributed by atoms with Crippen LogP contribution in [0.15, 0.2) is 30.5 Å². The number of aromatic nitrogens is 2. The van der Waals surface area contributed by atoms with E-state index in [1.807, 2.05) is 0 Å². The van der Waals surface area contributed by atoms with E-state index in [1.165, 1.54) is 12.3 Å². The van der Waals surface area contributed by atoms with E-state index in [2.05, 4.69) is 15.7 Å². The van der Waals surface area contributed by atoms with Gasteiger partial charge in [0.1, 0.15) is 0 Å². The van der Waals surface area contributed by atoms with Gasteiger partial charge in [0.15, 0.2) is 34.2 Å². The first-order valence-corrected chi connectivity index (χ1v) is 8.90. The van der Waals surface area contributed by atoms with Crippen molar-refractivity contribution in [2.75, 3.05) is 10.6 Å². The molecule has 0 unspecified atom stereocenters. The van der Waals surface area contributed by atoms with Crippen LogP contribution in [0.3, 0.4) is 0 Å². The summed E-state index contributed by atoms with van der Waals surface area (Å²) in [4.78, 5) is 0. The summed E-state index contributed by atoms with van der Waals surface area (Å²) < 4.78 is 68.3. The fourth-order valence-corrected chi connectivity index (χ4v) is 2.84. The van der Waals surface area contributed by atoms with Gasteiger partial charge in [-0.25, -0.2) is 22.0 Å². The summed E-state index contributed by atoms with van der Waals surface area (Å²) in [5.74, 6) is -9.91. The molecule has 152 valence electrons. The molecule has 4 nitrogen and oxygen atoms in total. The molecule has 0 aliphatic rings. The second kappa shape index (κ2) is 8.52. The molecular formula is C17H9Cl2F5N4S. The van der Waals surface area contributed by atoms with E-state index in [0.29, 0.717) is 15.7 Å². The zero-order valence-corrected chi connectivity index (χ0v) is 16.4. The Morgan fingerprint density at radius 2 is 1.52 bits per heavy atom. The van der Waals surface area contributed by atoms with Crippen LogP contribution in [0.1, 0.15) is 5.56 Å². The third-order valence-electron chi connectivity index (χ3n) is 3.68. The van der Waals surface area contributed by atoms with Crippen LogP contribution < -0.4 is 10.6 Å². The molecule has 0 radical (unpaired) electrons. The lowest BCUT2D eigenvalue weighted by molar-refractivity contribution is 0.367. The second-order valence-corrected chi connectivity index (χ2v) is 6.88. The maximum Gasteiger partial charge on any atom is 0.200 e. The molecule has 29 heavy (non-hydrogen) atoms. The molecule has 0 aliphatic heterocycles. The van der Waals surface area contributed by atoms with E-state index in [9.17, 15) is 22.0 Å². The number of hydrogen-bond acceptors (Lipinski definition) is 2. The highest BCUT2D eigenvalue weighted by Gasteiger charge is 2.25. The molecule has 12 heteroatoms. The first kappa shape index (κ1) is 21.3. The molecule has 0 saturated heterocycles. The predicted molar refractivity (Wildman–Crippen MR) is 104 cm³/mol. The monoisotopic (exact) mass is 466 g/mol. The van der Waals surface area contributed by atoms with Crippen LogP contribution in [0.4, 0.5) is 33.5 Å². The zero-order chi connectivity index (χ0) is 21.3. The van der Waals surface area contributed by atoms with Gasteiger partial charge >= 0.3 is 0 Å². The number of halogens is 7. The van der Waals surface area contributed by atoms with Crippen molar-refractivity contribution < 1.29 is 22.0 Å². The van der Waals surface area contributed by atoms with Gasteiger partial charge in [-0.1, -0.05) is 23.2 Å². The molecule has 0 spiro atoms. The number of benzene rings is 2. The van der Waals surface area contributed by atoms with E-state index >= 15 is 0 Å². The fourth-order valence-electron chi connectivity index (χ4n) is 2.32. The van der Waals surface area contributed by atoms with Crippen molar-refractivity contribution in [2.45, 2.75) is 6.54 Å². The molecule has 3 aromatic rings. The smallest absolute Gasteiger partial charge is 0.200 e. The SMILES string of the molecule is Fc1c(F)c(F)c(Cn2ccc(NC(=S)Nc3ccc(Cl)c(Cl)c3)n2)c(F)c1F. The minimum absolute atomic E-state index is 0.116. The molecule has 0 fully saturated rings. The van der Waals surface area contributed by atoms with Crippen LogP contribution in [-0.4, -0.2) is 14.9 Å². The molecule has 0 bridgehead atoms. The van der Waals surface area contributed by atoms with Gasteiger partial charge < -0.3 is 10.6 Å². The maximum absolute atomic E-state index is 13.8. The lowest BCUT2D eigenvalue weighted by atomic mass is 10.1. The van der Waals surface area contributed by atoms with Crippen LogP contribution in [0.5, 0.6) is 0 Å². The van der Waals surface area contributed by atoms with Crippen molar-refractivity contribution in [2.24, 2.45) is 0 Å². The molecule has 1 heterocycles. The van der Waals surface area contributed by atoms with Gasteiger partial charge in [0, 0.05) is 18.0 Å². The molecule has 0 atom stereocenters. The molecule has 2 N–H and O–H groups in total. The molecule has 0 aliphatic carbocycles. The highest BCUT2D eigenvalue weighted by Crippen LogP contribution is 2.25. The van der Waals surface area contributed by atoms with Crippen LogP contribution in [0.2, 0.25) is 10.0 Å². The third kappa shape index (κ3) is 4.60. The summed E-state index contributed by atoms with van der Waals surface area (Å²) in [7, 11) is 0. The highest BCUT2D eigenvalue weighted by atomic mass is 35.5. The van der Waals surface area contributed by atoms with Gasteiger partial charge in [-0.05, 0) is 30.4 Å². The first-order chi connectivity index (χ1) is 13.7. The van der Waals surface area contributed by atoms with Crippen LogP contribution in [0, 0.1) is 29.1 Å². The average Bonchev–Trinajstić information content (AvgIpc) is 3.11. The number of rotatable bonds is 4. The average molecular weight is 467 g/mol. The Hall–Kier alpha value is -2.43. The number of nitrogens with zero attached hydrogens (tertiary/aromatic N) is 2. The Balaban J connectivity index is 1.71. The van der Waals surface area contributed by atoms with Crippen molar-refractivity contribution in [3.8, 4) is 0 Å². The summed E-state index contributed by atoms with van der Waals surface area (Å²) in [5.41, 5.74) is -0.467. The van der Waals surface area contributed by atoms with Crippen molar-refractivity contribution in [3.63, 3.8) is 0 Å². The molecule has 0 saturated carbocycles. The first-order valence-electron chi connectivity index (χ1n) is 7.74. The molecule has 2 aromatic carbocycles. The highest BCUT2D eigenvalue weighted by molar-refractivity contribution is 7.80. The Bertz CT molecular complexity index is 1080. The van der Waals surface area contributed by atoms with E-state index in [1.54, 1.807) is 18.2 Å². The topological polar surface area (TPSA) is 41.9 Å². The molecule has 1 aromatic heterocycles. The normalized spacial score (nSPS) is 10.9. The molecular weight excluding hydrogens is 458 g/mol. The molecule has 3 rings (SSSR count). The summed E-state index contributed by atoms with van der Waals surface area (Å²) in [6.07, 6.45) is 1.28. The Labute approximate surface area is 176 Å². The third-order valence-corrected chi connectivity index (χ3v) is 4.62. The Morgan fingerprint density at radius 3 is 2.14 bits per heavy atom. The minimum atomic E-state index is -2.22. The van der Waals surface area contributed by atoms with Crippen molar-refractivity contribution in [1.82, 2.24) is 9.78 Å². The fraction of sp³-hybridized carbons (Fsp3) is 0.0588. The van der Waals surface area contributed by atoms with Gasteiger partial charge in [0.2, 0.25) is 5.82 Å². The number of anilines is 2. The molecule has 0 amide bonds. The van der Waals surface area contributed by atoms with Gasteiger partial charge in [-0.15, -0.1) is 0 Å². The zero-order valence-electron chi connectivity index (χ0n) is 14.0. The summed E-state index contributed by atoms with van der Waals surface area (Å²) >= 11 is 16.8. The van der Waals surface area contributed by atoms with E-state index < -0.39 is 41.2 Å².